The lowest BCUT2D eigenvalue weighted by Gasteiger charge is -2.08. The van der Waals surface area contributed by atoms with E-state index in [4.69, 9.17) is 0 Å². The van der Waals surface area contributed by atoms with Crippen molar-refractivity contribution >= 4 is 10.9 Å². The summed E-state index contributed by atoms with van der Waals surface area (Å²) in [7, 11) is 0. The topological polar surface area (TPSA) is 33.1 Å². The molecule has 0 atom stereocenters. The number of benzene rings is 1. The molecule has 1 N–H and O–H groups in total. The van der Waals surface area contributed by atoms with Gasteiger partial charge in [-0.1, -0.05) is 12.1 Å². The van der Waals surface area contributed by atoms with Gasteiger partial charge >= 0.3 is 0 Å². The Bertz CT molecular complexity index is 558. The van der Waals surface area contributed by atoms with E-state index < -0.39 is 0 Å². The fourth-order valence-electron chi connectivity index (χ4n) is 2.20. The Morgan fingerprint density at radius 1 is 1.24 bits per heavy atom. The van der Waals surface area contributed by atoms with Gasteiger partial charge in [0.05, 0.1) is 11.1 Å². The quantitative estimate of drug-likeness (QED) is 0.874. The number of fused-ring (bicyclic) bond motifs is 1. The van der Waals surface area contributed by atoms with E-state index in [2.05, 4.69) is 29.2 Å². The van der Waals surface area contributed by atoms with E-state index in [0.29, 0.717) is 0 Å². The van der Waals surface area contributed by atoms with Crippen molar-refractivity contribution in [3.8, 4) is 0 Å². The Hall–Kier alpha value is -1.41. The molecule has 1 fully saturated rings. The highest BCUT2D eigenvalue weighted by Gasteiger charge is 2.39. The zero-order valence-corrected chi connectivity index (χ0v) is 10.1. The number of hydrogen-bond donors (Lipinski definition) is 1. The number of aromatic nitrogens is 1. The van der Waals surface area contributed by atoms with Crippen LogP contribution in [-0.4, -0.2) is 15.7 Å². The van der Waals surface area contributed by atoms with E-state index in [9.17, 15) is 5.11 Å². The maximum Gasteiger partial charge on any atom is 0.0705 e. The van der Waals surface area contributed by atoms with Gasteiger partial charge in [0, 0.05) is 11.1 Å². The minimum atomic E-state index is -0.347. The normalized spacial score (nSPS) is 17.3. The van der Waals surface area contributed by atoms with E-state index in [1.54, 1.807) is 0 Å². The zero-order chi connectivity index (χ0) is 11.9. The SMILES string of the molecule is Cc1ccc2cc(CCC3(O)CC3)ccc2n1. The first-order chi connectivity index (χ1) is 8.15. The van der Waals surface area contributed by atoms with Crippen molar-refractivity contribution in [3.05, 3.63) is 41.6 Å². The van der Waals surface area contributed by atoms with Crippen molar-refractivity contribution in [1.82, 2.24) is 4.98 Å². The number of aryl methyl sites for hydroxylation is 2. The largest absolute Gasteiger partial charge is 0.390 e. The van der Waals surface area contributed by atoms with E-state index in [0.717, 1.165) is 36.9 Å². The number of hydrogen-bond acceptors (Lipinski definition) is 2. The monoisotopic (exact) mass is 227 g/mol. The molecule has 0 radical (unpaired) electrons. The Balaban J connectivity index is 1.83. The Kier molecular flexibility index (Phi) is 2.40. The summed E-state index contributed by atoms with van der Waals surface area (Å²) < 4.78 is 0. The molecule has 0 aliphatic heterocycles. The number of rotatable bonds is 3. The second-order valence-corrected chi connectivity index (χ2v) is 5.20. The van der Waals surface area contributed by atoms with Crippen LogP contribution < -0.4 is 0 Å². The number of aliphatic hydroxyl groups is 1. The van der Waals surface area contributed by atoms with Crippen LogP contribution in [0.1, 0.15) is 30.5 Å². The summed E-state index contributed by atoms with van der Waals surface area (Å²) in [6, 6.07) is 10.6. The molecular formula is C15H17NO. The van der Waals surface area contributed by atoms with Crippen molar-refractivity contribution in [2.24, 2.45) is 0 Å². The lowest BCUT2D eigenvalue weighted by molar-refractivity contribution is 0.140. The average molecular weight is 227 g/mol. The van der Waals surface area contributed by atoms with Gasteiger partial charge in [-0.05, 0) is 56.4 Å². The first-order valence-electron chi connectivity index (χ1n) is 6.23. The first-order valence-corrected chi connectivity index (χ1v) is 6.23. The van der Waals surface area contributed by atoms with Gasteiger partial charge in [0.25, 0.3) is 0 Å². The van der Waals surface area contributed by atoms with Crippen LogP contribution in [0.25, 0.3) is 10.9 Å². The molecule has 1 saturated carbocycles. The van der Waals surface area contributed by atoms with E-state index in [1.165, 1.54) is 10.9 Å². The fourth-order valence-corrected chi connectivity index (χ4v) is 2.20. The Morgan fingerprint density at radius 3 is 2.82 bits per heavy atom. The third-order valence-corrected chi connectivity index (χ3v) is 3.60. The van der Waals surface area contributed by atoms with Gasteiger partial charge in [-0.25, -0.2) is 0 Å². The van der Waals surface area contributed by atoms with Gasteiger partial charge in [-0.3, -0.25) is 4.98 Å². The lowest BCUT2D eigenvalue weighted by atomic mass is 10.0. The molecule has 1 aromatic carbocycles. The summed E-state index contributed by atoms with van der Waals surface area (Å²) in [5.74, 6) is 0. The Labute approximate surface area is 101 Å². The minimum Gasteiger partial charge on any atom is -0.390 e. The highest BCUT2D eigenvalue weighted by atomic mass is 16.3. The number of nitrogens with zero attached hydrogens (tertiary/aromatic N) is 1. The third kappa shape index (κ3) is 2.32. The predicted octanol–water partition coefficient (Wildman–Crippen LogP) is 3.00. The van der Waals surface area contributed by atoms with Crippen molar-refractivity contribution in [2.75, 3.05) is 0 Å². The van der Waals surface area contributed by atoms with Crippen LogP contribution in [0.2, 0.25) is 0 Å². The molecule has 1 aliphatic rings. The molecule has 3 rings (SSSR count). The smallest absolute Gasteiger partial charge is 0.0705 e. The van der Waals surface area contributed by atoms with Crippen LogP contribution in [0.5, 0.6) is 0 Å². The molecule has 2 aromatic rings. The van der Waals surface area contributed by atoms with Gasteiger partial charge in [0.2, 0.25) is 0 Å². The maximum atomic E-state index is 9.83. The van der Waals surface area contributed by atoms with Crippen LogP contribution in [-0.2, 0) is 6.42 Å². The third-order valence-electron chi connectivity index (χ3n) is 3.60. The molecule has 2 heteroatoms. The molecule has 88 valence electrons. The van der Waals surface area contributed by atoms with Crippen molar-refractivity contribution < 1.29 is 5.11 Å². The second-order valence-electron chi connectivity index (χ2n) is 5.20. The van der Waals surface area contributed by atoms with E-state index in [-0.39, 0.29) is 5.60 Å². The number of pyridine rings is 1. The standard InChI is InChI=1S/C15H17NO/c1-11-2-4-13-10-12(3-5-14(13)16-11)6-7-15(17)8-9-15/h2-5,10,17H,6-9H2,1H3. The van der Waals surface area contributed by atoms with Gasteiger partial charge in [-0.2, -0.15) is 0 Å². The van der Waals surface area contributed by atoms with Gasteiger partial charge in [0.1, 0.15) is 0 Å². The summed E-state index contributed by atoms with van der Waals surface area (Å²) >= 11 is 0. The van der Waals surface area contributed by atoms with E-state index in [1.807, 2.05) is 13.0 Å². The maximum absolute atomic E-state index is 9.83. The second kappa shape index (κ2) is 3.81. The molecule has 2 nitrogen and oxygen atoms in total. The van der Waals surface area contributed by atoms with Crippen LogP contribution in [0.3, 0.4) is 0 Å². The summed E-state index contributed by atoms with van der Waals surface area (Å²) in [6.07, 6.45) is 3.79. The first kappa shape index (κ1) is 10.7. The van der Waals surface area contributed by atoms with Crippen LogP contribution >= 0.6 is 0 Å². The molecule has 0 saturated heterocycles. The van der Waals surface area contributed by atoms with Crippen LogP contribution in [0.4, 0.5) is 0 Å². The molecule has 0 amide bonds. The predicted molar refractivity (Wildman–Crippen MR) is 69.0 cm³/mol. The molecule has 0 spiro atoms. The Morgan fingerprint density at radius 2 is 2.06 bits per heavy atom. The molecule has 1 heterocycles. The van der Waals surface area contributed by atoms with Gasteiger partial charge in [-0.15, -0.1) is 0 Å². The highest BCUT2D eigenvalue weighted by molar-refractivity contribution is 5.79. The fraction of sp³-hybridized carbons (Fsp3) is 0.400. The minimum absolute atomic E-state index is 0.347. The van der Waals surface area contributed by atoms with E-state index >= 15 is 0 Å². The molecule has 0 unspecified atom stereocenters. The molecule has 17 heavy (non-hydrogen) atoms. The summed E-state index contributed by atoms with van der Waals surface area (Å²) in [5.41, 5.74) is 3.06. The summed E-state index contributed by atoms with van der Waals surface area (Å²) in [5, 5.41) is 11.0. The average Bonchev–Trinajstić information content (AvgIpc) is 3.05. The zero-order valence-electron chi connectivity index (χ0n) is 10.1. The molecule has 1 aliphatic carbocycles. The van der Waals surface area contributed by atoms with Crippen molar-refractivity contribution in [1.29, 1.82) is 0 Å². The highest BCUT2D eigenvalue weighted by Crippen LogP contribution is 2.39. The van der Waals surface area contributed by atoms with Gasteiger partial charge < -0.3 is 5.11 Å². The van der Waals surface area contributed by atoms with Crippen LogP contribution in [0, 0.1) is 6.92 Å². The molecular weight excluding hydrogens is 210 g/mol. The van der Waals surface area contributed by atoms with Crippen LogP contribution in [0.15, 0.2) is 30.3 Å². The lowest BCUT2D eigenvalue weighted by Crippen LogP contribution is -2.07. The molecule has 0 bridgehead atoms. The summed E-state index contributed by atoms with van der Waals surface area (Å²) in [6.45, 7) is 2.01. The molecule has 1 aromatic heterocycles. The summed E-state index contributed by atoms with van der Waals surface area (Å²) in [4.78, 5) is 4.49. The van der Waals surface area contributed by atoms with Gasteiger partial charge in [0.15, 0.2) is 0 Å². The van der Waals surface area contributed by atoms with Crippen molar-refractivity contribution in [3.63, 3.8) is 0 Å². The van der Waals surface area contributed by atoms with Crippen molar-refractivity contribution in [2.45, 2.75) is 38.2 Å².